The summed E-state index contributed by atoms with van der Waals surface area (Å²) in [6.07, 6.45) is 12.1. The van der Waals surface area contributed by atoms with Crippen LogP contribution in [-0.2, 0) is 15.7 Å². The first-order valence-electron chi connectivity index (χ1n) is 15.1. The molecule has 0 aromatic carbocycles. The van der Waals surface area contributed by atoms with Gasteiger partial charge in [-0.25, -0.2) is 27.2 Å². The van der Waals surface area contributed by atoms with Gasteiger partial charge in [-0.2, -0.15) is 9.19 Å². The summed E-state index contributed by atoms with van der Waals surface area (Å²) in [4.78, 5) is 15.8. The highest BCUT2D eigenvalue weighted by atomic mass is 32.2. The monoisotopic (exact) mass is 639 g/mol. The van der Waals surface area contributed by atoms with Crippen LogP contribution in [0.4, 0.5) is 8.78 Å². The van der Waals surface area contributed by atoms with Crippen LogP contribution >= 0.6 is 0 Å². The van der Waals surface area contributed by atoms with E-state index < -0.39 is 32.9 Å². The Morgan fingerprint density at radius 2 is 1.87 bits per heavy atom. The number of nitrogens with two attached hydrogens (primary N) is 1. The number of pyridine rings is 1. The van der Waals surface area contributed by atoms with E-state index in [1.54, 1.807) is 24.5 Å². The van der Waals surface area contributed by atoms with Gasteiger partial charge in [0.25, 0.3) is 15.9 Å². The lowest BCUT2D eigenvalue weighted by atomic mass is 9.87. The summed E-state index contributed by atoms with van der Waals surface area (Å²) in [6, 6.07) is 4.90. The van der Waals surface area contributed by atoms with Gasteiger partial charge in [-0.3, -0.25) is 4.98 Å². The average molecular weight is 640 g/mol. The number of rotatable bonds is 9. The molecular formula is C30H35F2N9O3S. The summed E-state index contributed by atoms with van der Waals surface area (Å²) in [7, 11) is -1.45. The Hall–Kier alpha value is -3.95. The zero-order valence-corrected chi connectivity index (χ0v) is 25.6. The minimum Gasteiger partial charge on any atom is -0.489 e. The lowest BCUT2D eigenvalue weighted by molar-refractivity contribution is -0.0903. The van der Waals surface area contributed by atoms with Gasteiger partial charge in [0.1, 0.15) is 11.9 Å². The van der Waals surface area contributed by atoms with Crippen molar-refractivity contribution in [1.82, 2.24) is 39.7 Å². The first kappa shape index (κ1) is 29.7. The van der Waals surface area contributed by atoms with Gasteiger partial charge in [-0.15, -0.1) is 0 Å². The molecule has 2 saturated carbocycles. The number of likely N-dealkylation sites (tertiary alicyclic amines) is 1. The summed E-state index contributed by atoms with van der Waals surface area (Å²) in [5, 5.41) is 10.1. The van der Waals surface area contributed by atoms with E-state index in [-0.39, 0.29) is 24.8 Å². The Balaban J connectivity index is 1.14. The van der Waals surface area contributed by atoms with Crippen LogP contribution in [0.5, 0.6) is 5.75 Å². The minimum atomic E-state index is -3.55. The number of halogens is 2. The van der Waals surface area contributed by atoms with Gasteiger partial charge in [-0.05, 0) is 57.0 Å². The number of ether oxygens (including phenoxy) is 1. The molecule has 7 rings (SSSR count). The van der Waals surface area contributed by atoms with Crippen LogP contribution in [0.3, 0.4) is 0 Å². The van der Waals surface area contributed by atoms with Crippen molar-refractivity contribution >= 4 is 15.6 Å². The van der Waals surface area contributed by atoms with Crippen molar-refractivity contribution in [2.24, 2.45) is 5.73 Å². The number of nitrogens with zero attached hydrogens (tertiary/aromatic N) is 6. The summed E-state index contributed by atoms with van der Waals surface area (Å²) in [5.41, 5.74) is 8.09. The normalized spacial score (nSPS) is 24.3. The molecule has 238 valence electrons. The second kappa shape index (κ2) is 11.1. The molecule has 1 atom stereocenters. The van der Waals surface area contributed by atoms with Gasteiger partial charge in [0.05, 0.1) is 40.8 Å². The molecule has 3 aromatic rings. The fourth-order valence-corrected chi connectivity index (χ4v) is 7.27. The molecule has 0 spiro atoms. The van der Waals surface area contributed by atoms with Crippen LogP contribution < -0.4 is 21.1 Å². The first-order chi connectivity index (χ1) is 21.5. The third-order valence-corrected chi connectivity index (χ3v) is 10.7. The molecule has 4 N–H and O–H groups in total. The maximum absolute atomic E-state index is 13.8. The van der Waals surface area contributed by atoms with E-state index in [4.69, 9.17) is 10.5 Å². The quantitative estimate of drug-likeness (QED) is 0.317. The fraction of sp³-hybridized carbons (Fsp3) is 0.467. The maximum Gasteiger partial charge on any atom is 0.256 e. The van der Waals surface area contributed by atoms with Crippen LogP contribution in [0.1, 0.15) is 49.9 Å². The summed E-state index contributed by atoms with van der Waals surface area (Å²) < 4.78 is 59.9. The molecule has 45 heavy (non-hydrogen) atoms. The SMILES string of the molecule is CN1CCC(Oc2ccc(C3=CNC(N)(c4ccnc(-c5cnn(S(=O)(=O)C6CC6)c5)n4)C=C3NC3CC(F)(F)C3)nc2)CC1. The fourth-order valence-electron chi connectivity index (χ4n) is 5.79. The van der Waals surface area contributed by atoms with Gasteiger partial charge in [-0.1, -0.05) is 0 Å². The number of allylic oxidation sites excluding steroid dienone is 1. The molecule has 12 nitrogen and oxygen atoms in total. The second-order valence-electron chi connectivity index (χ2n) is 12.3. The van der Waals surface area contributed by atoms with Crippen molar-refractivity contribution in [2.75, 3.05) is 20.1 Å². The molecule has 15 heteroatoms. The molecule has 1 unspecified atom stereocenters. The third kappa shape index (κ3) is 6.16. The van der Waals surface area contributed by atoms with E-state index in [1.807, 2.05) is 12.1 Å². The lowest BCUT2D eigenvalue weighted by Crippen LogP contribution is -2.52. The molecule has 1 saturated heterocycles. The first-order valence-corrected chi connectivity index (χ1v) is 16.6. The Bertz CT molecular complexity index is 1740. The van der Waals surface area contributed by atoms with E-state index in [2.05, 4.69) is 42.6 Å². The van der Waals surface area contributed by atoms with Crippen LogP contribution in [0.25, 0.3) is 17.0 Å². The number of hydrogen-bond acceptors (Lipinski definition) is 11. The van der Waals surface area contributed by atoms with Crippen molar-refractivity contribution in [3.8, 4) is 17.1 Å². The number of nitrogens with one attached hydrogen (secondary N) is 2. The van der Waals surface area contributed by atoms with Gasteiger partial charge >= 0.3 is 0 Å². The molecule has 0 bridgehead atoms. The topological polar surface area (TPSA) is 153 Å². The predicted molar refractivity (Wildman–Crippen MR) is 162 cm³/mol. The highest BCUT2D eigenvalue weighted by Gasteiger charge is 2.46. The lowest BCUT2D eigenvalue weighted by Gasteiger charge is -2.39. The standard InChI is InChI=1S/C30H35F2N9O3S/c1-40-10-7-21(8-11-40)44-22-2-5-25(35-16-22)24-17-36-30(33,14-26(24)38-20-12-29(31,32)13-20)27-6-9-34-28(39-27)19-15-37-41(18-19)45(42,43)23-3-4-23/h2,5-6,9,14-18,20-21,23,36,38H,3-4,7-8,10-13,33H2,1H3. The predicted octanol–water partition coefficient (Wildman–Crippen LogP) is 2.58. The zero-order valence-electron chi connectivity index (χ0n) is 24.7. The molecule has 0 radical (unpaired) electrons. The van der Waals surface area contributed by atoms with Crippen LogP contribution in [0, 0.1) is 0 Å². The molecule has 4 aliphatic rings. The van der Waals surface area contributed by atoms with E-state index in [1.165, 1.54) is 18.6 Å². The van der Waals surface area contributed by atoms with Crippen molar-refractivity contribution in [1.29, 1.82) is 0 Å². The zero-order chi connectivity index (χ0) is 31.4. The Morgan fingerprint density at radius 3 is 2.56 bits per heavy atom. The number of dihydropyridines is 1. The van der Waals surface area contributed by atoms with E-state index in [0.717, 1.165) is 30.0 Å². The smallest absolute Gasteiger partial charge is 0.256 e. The molecule has 3 fully saturated rings. The van der Waals surface area contributed by atoms with E-state index in [0.29, 0.717) is 46.8 Å². The van der Waals surface area contributed by atoms with Crippen molar-refractivity contribution in [3.05, 3.63) is 72.3 Å². The second-order valence-corrected chi connectivity index (χ2v) is 14.4. The highest BCUT2D eigenvalue weighted by Crippen LogP contribution is 2.40. The van der Waals surface area contributed by atoms with Gasteiger partial charge in [0.2, 0.25) is 0 Å². The van der Waals surface area contributed by atoms with Gasteiger partial charge in [0.15, 0.2) is 11.5 Å². The molecule has 5 heterocycles. The molecule has 0 amide bonds. The minimum absolute atomic E-state index is 0.134. The van der Waals surface area contributed by atoms with Crippen molar-refractivity contribution in [3.63, 3.8) is 0 Å². The van der Waals surface area contributed by atoms with Crippen LogP contribution in [0.2, 0.25) is 0 Å². The third-order valence-electron chi connectivity index (χ3n) is 8.65. The Labute approximate surface area is 259 Å². The summed E-state index contributed by atoms with van der Waals surface area (Å²) >= 11 is 0. The number of aromatic nitrogens is 5. The van der Waals surface area contributed by atoms with Crippen molar-refractivity contribution in [2.45, 2.75) is 67.5 Å². The highest BCUT2D eigenvalue weighted by molar-refractivity contribution is 7.90. The van der Waals surface area contributed by atoms with E-state index in [9.17, 15) is 17.2 Å². The van der Waals surface area contributed by atoms with Crippen LogP contribution in [-0.4, -0.2) is 80.9 Å². The maximum atomic E-state index is 13.8. The molecule has 3 aromatic heterocycles. The Kier molecular flexibility index (Phi) is 7.36. The van der Waals surface area contributed by atoms with Gasteiger partial charge < -0.3 is 26.0 Å². The van der Waals surface area contributed by atoms with E-state index >= 15 is 0 Å². The number of hydrogen-bond donors (Lipinski definition) is 3. The van der Waals surface area contributed by atoms with Gasteiger partial charge in [0, 0.05) is 55.6 Å². The number of piperidine rings is 1. The molecule has 2 aliphatic heterocycles. The summed E-state index contributed by atoms with van der Waals surface area (Å²) in [6.45, 7) is 1.96. The summed E-state index contributed by atoms with van der Waals surface area (Å²) in [5.74, 6) is -1.79. The average Bonchev–Trinajstić information content (AvgIpc) is 3.75. The largest absolute Gasteiger partial charge is 0.489 e. The van der Waals surface area contributed by atoms with Crippen LogP contribution in [0.15, 0.2) is 61.0 Å². The van der Waals surface area contributed by atoms with Crippen molar-refractivity contribution < 1.29 is 21.9 Å². The molecular weight excluding hydrogens is 604 g/mol. The Morgan fingerprint density at radius 1 is 1.09 bits per heavy atom. The number of alkyl halides is 2. The molecule has 2 aliphatic carbocycles.